The zero-order valence-electron chi connectivity index (χ0n) is 24.7. The van der Waals surface area contributed by atoms with Crippen LogP contribution in [-0.2, 0) is 14.3 Å². The average Bonchev–Trinajstić information content (AvgIpc) is 3.36. The largest absolute Gasteiger partial charge is 0.462 e. The number of hydrogen-bond acceptors (Lipinski definition) is 6. The number of carbonyl (C=O) groups excluding carboxylic acids is 3. The topological polar surface area (TPSA) is 103 Å². The van der Waals surface area contributed by atoms with E-state index >= 15 is 0 Å². The molecule has 1 N–H and O–H groups in total. The zero-order valence-corrected chi connectivity index (χ0v) is 25.5. The number of halogens is 1. The lowest BCUT2D eigenvalue weighted by Crippen LogP contribution is -2.39. The number of ether oxygens (including phenoxy) is 1. The number of carbonyl (C=O) groups is 3. The Kier molecular flexibility index (Phi) is 12.3. The van der Waals surface area contributed by atoms with Crippen molar-refractivity contribution in [1.82, 2.24) is 15.0 Å². The fourth-order valence-electron chi connectivity index (χ4n) is 4.62. The van der Waals surface area contributed by atoms with E-state index in [0.717, 1.165) is 19.3 Å². The maximum Gasteiger partial charge on any atom is 0.338 e. The predicted molar refractivity (Wildman–Crippen MR) is 163 cm³/mol. The van der Waals surface area contributed by atoms with Gasteiger partial charge in [0.15, 0.2) is 11.8 Å². The summed E-state index contributed by atoms with van der Waals surface area (Å²) >= 11 is 6.38. The summed E-state index contributed by atoms with van der Waals surface area (Å²) in [5.74, 6) is -1.45. The number of anilines is 1. The Hall–Kier alpha value is -3.26. The first kappa shape index (κ1) is 32.3. The first-order chi connectivity index (χ1) is 19.6. The van der Waals surface area contributed by atoms with Crippen LogP contribution < -0.4 is 5.32 Å². The van der Waals surface area contributed by atoms with Gasteiger partial charge in [-0.1, -0.05) is 114 Å². The van der Waals surface area contributed by atoms with Crippen LogP contribution in [0.5, 0.6) is 0 Å². The number of nitrogens with zero attached hydrogens (tertiary/aromatic N) is 3. The van der Waals surface area contributed by atoms with Crippen LogP contribution in [0.25, 0.3) is 11.0 Å². The monoisotopic (exact) mass is 582 g/mol. The molecule has 3 aromatic rings. The summed E-state index contributed by atoms with van der Waals surface area (Å²) in [4.78, 5) is 39.7. The minimum Gasteiger partial charge on any atom is -0.462 e. The number of fused-ring (bicyclic) bond motifs is 1. The smallest absolute Gasteiger partial charge is 0.338 e. The average molecular weight is 583 g/mol. The third kappa shape index (κ3) is 9.38. The predicted octanol–water partition coefficient (Wildman–Crippen LogP) is 7.96. The second-order valence-corrected chi connectivity index (χ2v) is 11.9. The van der Waals surface area contributed by atoms with Crippen LogP contribution in [0.15, 0.2) is 42.5 Å². The summed E-state index contributed by atoms with van der Waals surface area (Å²) in [5, 5.41) is 11.2. The Bertz CT molecular complexity index is 1310. The molecule has 0 saturated carbocycles. The number of hydrogen-bond donors (Lipinski definition) is 1. The van der Waals surface area contributed by atoms with Crippen LogP contribution in [0, 0.1) is 5.41 Å². The van der Waals surface area contributed by atoms with Gasteiger partial charge in [0.25, 0.3) is 5.91 Å². The third-order valence-corrected chi connectivity index (χ3v) is 7.38. The van der Waals surface area contributed by atoms with Crippen LogP contribution >= 0.6 is 11.6 Å². The Balaban J connectivity index is 1.60. The minimum absolute atomic E-state index is 0.209. The molecule has 0 aliphatic carbocycles. The molecular formula is C32H43ClN4O4. The molecule has 0 aliphatic rings. The second-order valence-electron chi connectivity index (χ2n) is 11.5. The fourth-order valence-corrected chi connectivity index (χ4v) is 4.78. The first-order valence-corrected chi connectivity index (χ1v) is 15.1. The molecule has 0 aliphatic heterocycles. The SMILES string of the molecule is CCCCCCCCCCCCOC(=O)c1ccc(Cl)c(NC(=O)C(C(=O)C(C)(C)C)n2nnc3ccccc32)c1. The normalized spacial score (nSPS) is 12.3. The van der Waals surface area contributed by atoms with E-state index < -0.39 is 23.3 Å². The van der Waals surface area contributed by atoms with Crippen molar-refractivity contribution in [2.24, 2.45) is 5.41 Å². The van der Waals surface area contributed by atoms with Crippen molar-refractivity contribution in [3.8, 4) is 0 Å². The minimum atomic E-state index is -1.29. The number of amides is 1. The molecule has 1 aromatic heterocycles. The molecule has 3 rings (SSSR count). The van der Waals surface area contributed by atoms with Crippen molar-refractivity contribution in [3.63, 3.8) is 0 Å². The molecule has 1 heterocycles. The lowest BCUT2D eigenvalue weighted by atomic mass is 9.86. The van der Waals surface area contributed by atoms with Crippen molar-refractivity contribution in [2.45, 2.75) is 97.9 Å². The zero-order chi connectivity index (χ0) is 29.8. The number of esters is 1. The molecule has 1 atom stereocenters. The Labute approximate surface area is 248 Å². The van der Waals surface area contributed by atoms with Crippen LogP contribution in [0.2, 0.25) is 5.02 Å². The van der Waals surface area contributed by atoms with E-state index in [4.69, 9.17) is 16.3 Å². The Morgan fingerprint density at radius 2 is 1.56 bits per heavy atom. The summed E-state index contributed by atoms with van der Waals surface area (Å²) < 4.78 is 6.80. The van der Waals surface area contributed by atoms with Crippen molar-refractivity contribution in [2.75, 3.05) is 11.9 Å². The van der Waals surface area contributed by atoms with Crippen LogP contribution in [0.4, 0.5) is 5.69 Å². The molecule has 0 fully saturated rings. The summed E-state index contributed by atoms with van der Waals surface area (Å²) in [6.07, 6.45) is 12.0. The van der Waals surface area contributed by atoms with Gasteiger partial charge in [-0.05, 0) is 36.8 Å². The van der Waals surface area contributed by atoms with Gasteiger partial charge in [0.1, 0.15) is 5.52 Å². The maximum absolute atomic E-state index is 13.6. The number of nitrogens with one attached hydrogen (secondary N) is 1. The van der Waals surface area contributed by atoms with Crippen molar-refractivity contribution >= 4 is 46.0 Å². The molecule has 1 amide bonds. The summed E-state index contributed by atoms with van der Waals surface area (Å²) in [7, 11) is 0. The summed E-state index contributed by atoms with van der Waals surface area (Å²) in [6, 6.07) is 10.4. The molecule has 222 valence electrons. The number of benzene rings is 2. The highest BCUT2D eigenvalue weighted by Gasteiger charge is 2.38. The lowest BCUT2D eigenvalue weighted by Gasteiger charge is -2.24. The number of rotatable bonds is 16. The van der Waals surface area contributed by atoms with E-state index in [1.54, 1.807) is 45.0 Å². The van der Waals surface area contributed by atoms with E-state index in [1.807, 2.05) is 6.07 Å². The van der Waals surface area contributed by atoms with Crippen molar-refractivity contribution in [3.05, 3.63) is 53.1 Å². The fraction of sp³-hybridized carbons (Fsp3) is 0.531. The highest BCUT2D eigenvalue weighted by Crippen LogP contribution is 2.29. The van der Waals surface area contributed by atoms with Gasteiger partial charge >= 0.3 is 5.97 Å². The van der Waals surface area contributed by atoms with E-state index in [1.165, 1.54) is 61.8 Å². The third-order valence-electron chi connectivity index (χ3n) is 7.05. The number of unbranched alkanes of at least 4 members (excludes halogenated alkanes) is 9. The molecule has 2 aromatic carbocycles. The summed E-state index contributed by atoms with van der Waals surface area (Å²) in [5.41, 5.74) is 0.764. The van der Waals surface area contributed by atoms with Gasteiger partial charge in [0, 0.05) is 5.41 Å². The van der Waals surface area contributed by atoms with Crippen molar-refractivity contribution in [1.29, 1.82) is 0 Å². The first-order valence-electron chi connectivity index (χ1n) is 14.7. The molecular weight excluding hydrogens is 540 g/mol. The summed E-state index contributed by atoms with van der Waals surface area (Å²) in [6.45, 7) is 7.79. The number of aromatic nitrogens is 3. The Morgan fingerprint density at radius 1 is 0.927 bits per heavy atom. The van der Waals surface area contributed by atoms with Crippen LogP contribution in [0.3, 0.4) is 0 Å². The van der Waals surface area contributed by atoms with Gasteiger partial charge in [-0.2, -0.15) is 0 Å². The van der Waals surface area contributed by atoms with E-state index in [-0.39, 0.29) is 22.1 Å². The highest BCUT2D eigenvalue weighted by molar-refractivity contribution is 6.34. The number of para-hydroxylation sites is 1. The van der Waals surface area contributed by atoms with Gasteiger partial charge in [0.05, 0.1) is 28.4 Å². The standard InChI is InChI=1S/C32H43ClN4O4/c1-5-6-7-8-9-10-11-12-13-16-21-41-31(40)23-19-20-24(33)26(22-23)34-30(39)28(29(38)32(2,3)4)37-27-18-15-14-17-25(27)35-36-37/h14-15,17-20,22,28H,5-13,16,21H2,1-4H3,(H,34,39). The Morgan fingerprint density at radius 3 is 2.22 bits per heavy atom. The molecule has 0 radical (unpaired) electrons. The molecule has 8 nitrogen and oxygen atoms in total. The van der Waals surface area contributed by atoms with E-state index in [0.29, 0.717) is 17.6 Å². The maximum atomic E-state index is 13.6. The van der Waals surface area contributed by atoms with Gasteiger partial charge < -0.3 is 10.1 Å². The van der Waals surface area contributed by atoms with Crippen LogP contribution in [0.1, 0.15) is 108 Å². The molecule has 0 saturated heterocycles. The van der Waals surface area contributed by atoms with Crippen molar-refractivity contribution < 1.29 is 19.1 Å². The van der Waals surface area contributed by atoms with E-state index in [9.17, 15) is 14.4 Å². The van der Waals surface area contributed by atoms with Crippen LogP contribution in [-0.4, -0.2) is 39.3 Å². The number of Topliss-reactive ketones (excluding diaryl/α,β-unsaturated/α-hetero) is 1. The van der Waals surface area contributed by atoms with Gasteiger partial charge in [-0.15, -0.1) is 5.10 Å². The highest BCUT2D eigenvalue weighted by atomic mass is 35.5. The van der Waals surface area contributed by atoms with Gasteiger partial charge in [0.2, 0.25) is 0 Å². The molecule has 0 bridgehead atoms. The quantitative estimate of drug-likeness (QED) is 0.104. The van der Waals surface area contributed by atoms with E-state index in [2.05, 4.69) is 22.6 Å². The second kappa shape index (κ2) is 15.7. The molecule has 1 unspecified atom stereocenters. The molecule has 41 heavy (non-hydrogen) atoms. The number of ketones is 1. The molecule has 9 heteroatoms. The lowest BCUT2D eigenvalue weighted by molar-refractivity contribution is -0.135. The van der Waals surface area contributed by atoms with Gasteiger partial charge in [-0.3, -0.25) is 9.59 Å². The van der Waals surface area contributed by atoms with Gasteiger partial charge in [-0.25, -0.2) is 9.48 Å². The molecule has 0 spiro atoms.